The zero-order valence-corrected chi connectivity index (χ0v) is 47.9. The van der Waals surface area contributed by atoms with Gasteiger partial charge in [0.2, 0.25) is 0 Å². The van der Waals surface area contributed by atoms with E-state index in [1.54, 1.807) is 270 Å². The first-order valence-corrected chi connectivity index (χ1v) is 35.0. The quantitative estimate of drug-likeness (QED) is 0.227. The van der Waals surface area contributed by atoms with Crippen molar-refractivity contribution < 1.29 is 0 Å². The summed E-state index contributed by atoms with van der Waals surface area (Å²) < 4.78 is 0. The van der Waals surface area contributed by atoms with E-state index in [0.29, 0.717) is 0 Å². The lowest BCUT2D eigenvalue weighted by atomic mass is 9.56. The van der Waals surface area contributed by atoms with Gasteiger partial charge < -0.3 is 0 Å². The molecule has 23 saturated carbocycles. The summed E-state index contributed by atoms with van der Waals surface area (Å²) in [7, 11) is 0. The summed E-state index contributed by atoms with van der Waals surface area (Å²) in [6.07, 6.45) is 82.5. The monoisotopic (exact) mass is 977 g/mol. The van der Waals surface area contributed by atoms with E-state index in [1.165, 1.54) is 118 Å². The van der Waals surface area contributed by atoms with Gasteiger partial charge in [0.15, 0.2) is 0 Å². The van der Waals surface area contributed by atoms with E-state index in [4.69, 9.17) is 0 Å². The second kappa shape index (κ2) is 29.1. The molecule has 6 atom stereocenters. The zero-order chi connectivity index (χ0) is 47.9. The third-order valence-electron chi connectivity index (χ3n) is 25.4. The summed E-state index contributed by atoms with van der Waals surface area (Å²) in [4.78, 5) is 0. The van der Waals surface area contributed by atoms with E-state index in [9.17, 15) is 0 Å². The minimum atomic E-state index is 1.13. The van der Waals surface area contributed by atoms with Crippen LogP contribution in [0.4, 0.5) is 0 Å². The molecule has 408 valence electrons. The van der Waals surface area contributed by atoms with Gasteiger partial charge in [-0.3, -0.25) is 0 Å². The lowest BCUT2D eigenvalue weighted by Crippen LogP contribution is -2.38. The first kappa shape index (κ1) is 54.4. The van der Waals surface area contributed by atoms with Crippen LogP contribution in [0.25, 0.3) is 0 Å². The van der Waals surface area contributed by atoms with Crippen LogP contribution in [0.1, 0.15) is 340 Å². The van der Waals surface area contributed by atoms with E-state index in [1.807, 2.05) is 0 Å². The Hall–Kier alpha value is 0. The molecule has 0 nitrogen and oxygen atoms in total. The molecule has 23 aliphatic carbocycles. The third-order valence-corrected chi connectivity index (χ3v) is 25.4. The smallest absolute Gasteiger partial charge is 0.0406 e. The Balaban J connectivity index is 0.0000000927. The molecule has 0 saturated heterocycles. The van der Waals surface area contributed by atoms with Gasteiger partial charge in [0.05, 0.1) is 0 Å². The summed E-state index contributed by atoms with van der Waals surface area (Å²) in [6.45, 7) is 0. The maximum absolute atomic E-state index is 1.58. The predicted octanol–water partition coefficient (Wildman–Crippen LogP) is 22.9. The van der Waals surface area contributed by atoms with Crippen LogP contribution in [0.5, 0.6) is 0 Å². The summed E-state index contributed by atoms with van der Waals surface area (Å²) in [6, 6.07) is 0. The average molecular weight is 978 g/mol. The number of hydrogen-bond donors (Lipinski definition) is 0. The third kappa shape index (κ3) is 18.0. The van der Waals surface area contributed by atoms with Crippen LogP contribution in [0.3, 0.4) is 0 Å². The van der Waals surface area contributed by atoms with Crippen molar-refractivity contribution in [1.82, 2.24) is 0 Å². The molecule has 23 rings (SSSR count). The lowest BCUT2D eigenvalue weighted by Gasteiger charge is -2.49. The van der Waals surface area contributed by atoms with Gasteiger partial charge in [-0.05, 0) is 184 Å². The van der Waals surface area contributed by atoms with Crippen molar-refractivity contribution >= 4 is 0 Å². The molecular weight excluding hydrogens is 853 g/mol. The van der Waals surface area contributed by atoms with Crippen molar-refractivity contribution in [2.75, 3.05) is 0 Å². The largest absolute Gasteiger partial charge is 0.0530 e. The van der Waals surface area contributed by atoms with Gasteiger partial charge in [0.1, 0.15) is 0 Å². The highest BCUT2D eigenvalue weighted by molar-refractivity contribution is 4.92. The highest BCUT2D eigenvalue weighted by atomic mass is 14.5. The molecule has 23 fully saturated rings. The molecule has 0 aromatic heterocycles. The molecule has 23 aliphatic rings. The van der Waals surface area contributed by atoms with Gasteiger partial charge in [-0.15, -0.1) is 0 Å². The van der Waals surface area contributed by atoms with Crippen LogP contribution < -0.4 is 0 Å². The fourth-order valence-electron chi connectivity index (χ4n) is 20.0. The molecule has 0 aliphatic heterocycles. The van der Waals surface area contributed by atoms with Crippen molar-refractivity contribution in [2.45, 2.75) is 340 Å². The molecule has 18 bridgehead atoms. The SMILES string of the molecule is C1C2CC1C2.C1CC2CC(C1)C2.C1CC2CC1C2.C1CC2CCC(C1)C2.C1CC2CCC1CC2.C1CC2CCCC(C1)C2.C1CCC2CC(C1)C2.C1CCC2CCC(C1)C2.C1CCC2CCCC(C1)CC2. The molecule has 0 spiro atoms. The predicted molar refractivity (Wildman–Crippen MR) is 308 cm³/mol. The lowest BCUT2D eigenvalue weighted by molar-refractivity contribution is 0.0198. The Morgan fingerprint density at radius 1 is 0.0845 bits per heavy atom. The van der Waals surface area contributed by atoms with Gasteiger partial charge >= 0.3 is 0 Å². The minimum absolute atomic E-state index is 1.13. The maximum atomic E-state index is 1.58. The highest BCUT2D eigenvalue weighted by Crippen LogP contribution is 2.53. The van der Waals surface area contributed by atoms with Gasteiger partial charge in [-0.25, -0.2) is 0 Å². The molecule has 0 amide bonds. The highest BCUT2D eigenvalue weighted by Gasteiger charge is 2.41. The van der Waals surface area contributed by atoms with E-state index in [2.05, 4.69) is 0 Å². The van der Waals surface area contributed by atoms with Crippen LogP contribution in [-0.4, -0.2) is 0 Å². The Morgan fingerprint density at radius 2 is 0.197 bits per heavy atom. The second-order valence-corrected chi connectivity index (χ2v) is 31.0. The minimum Gasteiger partial charge on any atom is -0.0530 e. The Kier molecular flexibility index (Phi) is 22.3. The van der Waals surface area contributed by atoms with Crippen molar-refractivity contribution in [1.29, 1.82) is 0 Å². The van der Waals surface area contributed by atoms with Crippen LogP contribution in [0.2, 0.25) is 0 Å². The van der Waals surface area contributed by atoms with Crippen LogP contribution in [0.15, 0.2) is 0 Å². The van der Waals surface area contributed by atoms with Crippen molar-refractivity contribution in [3.05, 3.63) is 0 Å². The standard InChI is InChI=1S/C11H20.2C9H16.3C8H14.C7H12.C6H10.C5H8/c1-2-5-11-7-3-6-10(4-1)8-9-11;1-3-8-5-2-6-9(4-1)7-8;1-2-4-9-6-5-8(3-1)7-9;1-2-8-5-3-7(1)4-6-8;1-2-7-4-5-8(3-1)6-7;1-2-4-8-5-7(3-1)6-8;1-2-6-4-7(3-1)5-6;1-2-6-3-5(1)4-6;1-4-2-5(1)3-4/h10-11H,1-9H2;2*8-9H,1-7H2;3*7-8H,1-6H2;6-7H,1-5H2;5-6H,1-4H2;4-5H,1-3H2. The molecule has 0 heterocycles. The van der Waals surface area contributed by atoms with Crippen molar-refractivity contribution in [3.8, 4) is 0 Å². The average Bonchev–Trinajstić information content (AvgIpc) is 4.04. The summed E-state index contributed by atoms with van der Waals surface area (Å²) in [5, 5.41) is 0. The van der Waals surface area contributed by atoms with Crippen molar-refractivity contribution in [2.24, 2.45) is 107 Å². The van der Waals surface area contributed by atoms with Gasteiger partial charge in [-0.1, -0.05) is 263 Å². The molecule has 71 heavy (non-hydrogen) atoms. The topological polar surface area (TPSA) is 0 Å². The Labute approximate surface area is 444 Å². The van der Waals surface area contributed by atoms with Crippen LogP contribution in [0, 0.1) is 107 Å². The molecule has 0 aromatic carbocycles. The summed E-state index contributed by atoms with van der Waals surface area (Å²) in [5.41, 5.74) is 0. The fourth-order valence-corrected chi connectivity index (χ4v) is 20.0. The number of rotatable bonds is 0. The summed E-state index contributed by atoms with van der Waals surface area (Å²) >= 11 is 0. The normalized spacial score (nSPS) is 45.3. The number of fused-ring (bicyclic) bond motifs is 18. The van der Waals surface area contributed by atoms with Gasteiger partial charge in [-0.2, -0.15) is 0 Å². The second-order valence-electron chi connectivity index (χ2n) is 31.0. The van der Waals surface area contributed by atoms with Crippen molar-refractivity contribution in [3.63, 3.8) is 0 Å². The van der Waals surface area contributed by atoms with E-state index in [0.717, 1.165) is 59.2 Å². The van der Waals surface area contributed by atoms with Gasteiger partial charge in [0.25, 0.3) is 0 Å². The molecule has 0 aromatic rings. The molecule has 0 N–H and O–H groups in total. The summed E-state index contributed by atoms with van der Waals surface area (Å²) in [5.74, 6) is 21.0. The first-order valence-electron chi connectivity index (χ1n) is 35.0. The maximum Gasteiger partial charge on any atom is -0.0406 e. The van der Waals surface area contributed by atoms with Gasteiger partial charge in [0, 0.05) is 0 Å². The van der Waals surface area contributed by atoms with E-state index < -0.39 is 0 Å². The van der Waals surface area contributed by atoms with E-state index >= 15 is 0 Å². The Morgan fingerprint density at radius 3 is 0.423 bits per heavy atom. The molecule has 6 unspecified atom stereocenters. The fraction of sp³-hybridized carbons (Fsp3) is 1.00. The first-order chi connectivity index (χ1) is 35.0. The molecule has 0 heteroatoms. The molecule has 0 radical (unpaired) electrons. The zero-order valence-electron chi connectivity index (χ0n) is 47.9. The van der Waals surface area contributed by atoms with E-state index in [-0.39, 0.29) is 0 Å². The molecular formula is C71H124. The number of hydrogen-bond acceptors (Lipinski definition) is 0. The van der Waals surface area contributed by atoms with Crippen LogP contribution >= 0.6 is 0 Å². The van der Waals surface area contributed by atoms with Crippen LogP contribution in [-0.2, 0) is 0 Å². The Bertz CT molecular complexity index is 1250.